The lowest BCUT2D eigenvalue weighted by Crippen LogP contribution is -2.42. The maximum Gasteiger partial charge on any atom is 0.0862 e. The Balaban J connectivity index is 2.40. The van der Waals surface area contributed by atoms with E-state index in [1.165, 1.54) is 11.1 Å². The lowest BCUT2D eigenvalue weighted by molar-refractivity contribution is 0.137. The van der Waals surface area contributed by atoms with Crippen LogP contribution in [0.4, 0.5) is 0 Å². The van der Waals surface area contributed by atoms with Crippen molar-refractivity contribution in [1.29, 1.82) is 0 Å². The number of nitrogens with zero attached hydrogens (tertiary/aromatic N) is 1. The summed E-state index contributed by atoms with van der Waals surface area (Å²) in [5, 5.41) is 16.8. The minimum Gasteiger partial charge on any atom is -0.390 e. The Morgan fingerprint density at radius 1 is 1.36 bits per heavy atom. The topological polar surface area (TPSA) is 56.7 Å². The summed E-state index contributed by atoms with van der Waals surface area (Å²) in [4.78, 5) is 3.98. The minimum atomic E-state index is -0.463. The van der Waals surface area contributed by atoms with Crippen molar-refractivity contribution in [2.45, 2.75) is 45.9 Å². The Bertz CT molecular complexity index is 497. The molecule has 1 rings (SSSR count). The van der Waals surface area contributed by atoms with E-state index >= 15 is 0 Å². The predicted molar refractivity (Wildman–Crippen MR) is 94.3 cm³/mol. The molecule has 4 nitrogen and oxygen atoms in total. The van der Waals surface area contributed by atoms with Crippen LogP contribution in [0.3, 0.4) is 0 Å². The number of aliphatic hydroxyl groups excluding tert-OH is 1. The number of benzene rings is 1. The Morgan fingerprint density at radius 2 is 2.09 bits per heavy atom. The molecule has 0 aliphatic heterocycles. The number of nitrogens with one attached hydrogen (secondary N) is 2. The van der Waals surface area contributed by atoms with Crippen LogP contribution in [0.5, 0.6) is 0 Å². The number of aryl methyl sites for hydroxylation is 1. The molecule has 122 valence electrons. The molecule has 0 saturated heterocycles. The first-order chi connectivity index (χ1) is 10.6. The normalized spacial score (nSPS) is 15.0. The summed E-state index contributed by atoms with van der Waals surface area (Å²) in [6.07, 6.45) is 4.28. The largest absolute Gasteiger partial charge is 0.390 e. The third kappa shape index (κ3) is 6.41. The summed E-state index contributed by atoms with van der Waals surface area (Å²) in [5.41, 5.74) is 3.51. The molecule has 0 aliphatic rings. The van der Waals surface area contributed by atoms with Crippen LogP contribution in [-0.2, 0) is 13.0 Å². The number of hydrogen-bond donors (Lipinski definition) is 3. The Labute approximate surface area is 134 Å². The van der Waals surface area contributed by atoms with Crippen LogP contribution in [-0.4, -0.2) is 37.1 Å². The molecule has 3 N–H and O–H groups in total. The Hall–Kier alpha value is -1.65. The van der Waals surface area contributed by atoms with Gasteiger partial charge in [0.05, 0.1) is 12.1 Å². The van der Waals surface area contributed by atoms with Crippen molar-refractivity contribution in [2.75, 3.05) is 13.6 Å². The monoisotopic (exact) mass is 303 g/mol. The molecular weight excluding hydrogens is 274 g/mol. The number of aliphatic imine (C=N–C) groups is 1. The maximum atomic E-state index is 10.2. The van der Waals surface area contributed by atoms with E-state index in [2.05, 4.69) is 46.8 Å². The maximum absolute atomic E-state index is 10.2. The highest BCUT2D eigenvalue weighted by Gasteiger charge is 2.13. The predicted octanol–water partition coefficient (Wildman–Crippen LogP) is 2.28. The van der Waals surface area contributed by atoms with Crippen LogP contribution < -0.4 is 10.6 Å². The zero-order chi connectivity index (χ0) is 16.4. The van der Waals surface area contributed by atoms with E-state index in [4.69, 9.17) is 0 Å². The van der Waals surface area contributed by atoms with Crippen molar-refractivity contribution in [1.82, 2.24) is 10.6 Å². The summed E-state index contributed by atoms with van der Waals surface area (Å²) in [5.74, 6) is 0. The Kier molecular flexibility index (Phi) is 8.48. The molecule has 2 atom stereocenters. The molecule has 0 spiro atoms. The molecule has 0 fully saturated rings. The van der Waals surface area contributed by atoms with Gasteiger partial charge in [0.15, 0.2) is 0 Å². The number of hydrogen-bond acceptors (Lipinski definition) is 4. The molecule has 1 aromatic carbocycles. The van der Waals surface area contributed by atoms with Crippen molar-refractivity contribution in [3.05, 3.63) is 47.2 Å². The van der Waals surface area contributed by atoms with Crippen molar-refractivity contribution in [3.8, 4) is 0 Å². The van der Waals surface area contributed by atoms with Crippen LogP contribution in [0.1, 0.15) is 31.9 Å². The fraction of sp³-hybridized carbons (Fsp3) is 0.500. The fourth-order valence-corrected chi connectivity index (χ4v) is 2.19. The molecule has 0 amide bonds. The van der Waals surface area contributed by atoms with Gasteiger partial charge in [0.25, 0.3) is 0 Å². The van der Waals surface area contributed by atoms with Gasteiger partial charge in [0.2, 0.25) is 0 Å². The van der Waals surface area contributed by atoms with E-state index in [9.17, 15) is 5.11 Å². The van der Waals surface area contributed by atoms with E-state index in [-0.39, 0.29) is 6.04 Å². The highest BCUT2D eigenvalue weighted by Crippen LogP contribution is 2.05. The molecule has 0 saturated carbocycles. The molecule has 0 bridgehead atoms. The molecule has 1 aromatic rings. The zero-order valence-electron chi connectivity index (χ0n) is 14.1. The van der Waals surface area contributed by atoms with Gasteiger partial charge in [-0.05, 0) is 31.4 Å². The summed E-state index contributed by atoms with van der Waals surface area (Å²) < 4.78 is 0. The van der Waals surface area contributed by atoms with E-state index in [1.807, 2.05) is 19.9 Å². The summed E-state index contributed by atoms with van der Waals surface area (Å²) in [6, 6.07) is 8.49. The van der Waals surface area contributed by atoms with Gasteiger partial charge in [0.1, 0.15) is 0 Å². The van der Waals surface area contributed by atoms with Crippen LogP contribution >= 0.6 is 0 Å². The van der Waals surface area contributed by atoms with E-state index in [0.717, 1.165) is 18.7 Å². The second-order valence-corrected chi connectivity index (χ2v) is 5.44. The van der Waals surface area contributed by atoms with Gasteiger partial charge in [-0.25, -0.2) is 0 Å². The molecule has 0 radical (unpaired) electrons. The van der Waals surface area contributed by atoms with Crippen LogP contribution in [0.15, 0.2) is 41.0 Å². The van der Waals surface area contributed by atoms with Crippen molar-refractivity contribution >= 4 is 6.21 Å². The van der Waals surface area contributed by atoms with Gasteiger partial charge < -0.3 is 15.7 Å². The first kappa shape index (κ1) is 18.4. The van der Waals surface area contributed by atoms with E-state index in [1.54, 1.807) is 13.3 Å². The molecular formula is C18H29N3O. The number of allylic oxidation sites excluding steroid dienone is 2. The lowest BCUT2D eigenvalue weighted by atomic mass is 10.1. The van der Waals surface area contributed by atoms with Crippen LogP contribution in [0, 0.1) is 0 Å². The van der Waals surface area contributed by atoms with Crippen molar-refractivity contribution < 1.29 is 5.11 Å². The van der Waals surface area contributed by atoms with Crippen LogP contribution in [0.2, 0.25) is 0 Å². The van der Waals surface area contributed by atoms with Crippen molar-refractivity contribution in [2.24, 2.45) is 4.99 Å². The van der Waals surface area contributed by atoms with Gasteiger partial charge in [0, 0.05) is 32.0 Å². The molecule has 4 heteroatoms. The fourth-order valence-electron chi connectivity index (χ4n) is 2.19. The first-order valence-corrected chi connectivity index (χ1v) is 7.92. The SMILES string of the molecule is C/C=C(\C=NC)NC(C)C(O)CNCc1cccc(CC)c1. The summed E-state index contributed by atoms with van der Waals surface area (Å²) in [6.45, 7) is 7.39. The summed E-state index contributed by atoms with van der Waals surface area (Å²) in [7, 11) is 1.73. The van der Waals surface area contributed by atoms with E-state index in [0.29, 0.717) is 6.54 Å². The third-order valence-corrected chi connectivity index (χ3v) is 3.63. The number of aliphatic hydroxyl groups is 1. The molecule has 0 heterocycles. The second kappa shape index (κ2) is 10.1. The van der Waals surface area contributed by atoms with Gasteiger partial charge >= 0.3 is 0 Å². The highest BCUT2D eigenvalue weighted by atomic mass is 16.3. The lowest BCUT2D eigenvalue weighted by Gasteiger charge is -2.22. The smallest absolute Gasteiger partial charge is 0.0862 e. The van der Waals surface area contributed by atoms with Crippen LogP contribution in [0.25, 0.3) is 0 Å². The zero-order valence-corrected chi connectivity index (χ0v) is 14.1. The highest BCUT2D eigenvalue weighted by molar-refractivity contribution is 5.77. The molecule has 0 aromatic heterocycles. The van der Waals surface area contributed by atoms with Gasteiger partial charge in [-0.2, -0.15) is 0 Å². The number of rotatable bonds is 9. The molecule has 2 unspecified atom stereocenters. The molecule has 22 heavy (non-hydrogen) atoms. The van der Waals surface area contributed by atoms with Gasteiger partial charge in [-0.1, -0.05) is 37.3 Å². The second-order valence-electron chi connectivity index (χ2n) is 5.44. The van der Waals surface area contributed by atoms with Gasteiger partial charge in [-0.15, -0.1) is 0 Å². The average molecular weight is 303 g/mol. The molecule has 0 aliphatic carbocycles. The standard InChI is InChI=1S/C18H29N3O/c1-5-15-8-7-9-16(10-15)11-20-13-18(22)14(3)21-17(6-2)12-19-4/h6-10,12,14,18,20-22H,5,11,13H2,1-4H3/b17-6+,19-12?. The minimum absolute atomic E-state index is 0.0429. The van der Waals surface area contributed by atoms with Gasteiger partial charge in [-0.3, -0.25) is 4.99 Å². The quantitative estimate of drug-likeness (QED) is 0.614. The third-order valence-electron chi connectivity index (χ3n) is 3.63. The Morgan fingerprint density at radius 3 is 2.73 bits per heavy atom. The van der Waals surface area contributed by atoms with Crippen molar-refractivity contribution in [3.63, 3.8) is 0 Å². The summed E-state index contributed by atoms with van der Waals surface area (Å²) >= 11 is 0. The average Bonchev–Trinajstić information content (AvgIpc) is 2.54. The van der Waals surface area contributed by atoms with E-state index < -0.39 is 6.10 Å². The first-order valence-electron chi connectivity index (χ1n) is 7.92.